The van der Waals surface area contributed by atoms with Crippen molar-refractivity contribution in [2.45, 2.75) is 13.8 Å². The van der Waals surface area contributed by atoms with Crippen molar-refractivity contribution < 1.29 is 19.1 Å². The van der Waals surface area contributed by atoms with E-state index in [-0.39, 0.29) is 11.5 Å². The van der Waals surface area contributed by atoms with Crippen molar-refractivity contribution in [3.63, 3.8) is 0 Å². The molecule has 1 aromatic heterocycles. The highest BCUT2D eigenvalue weighted by molar-refractivity contribution is 6.04. The average Bonchev–Trinajstić information content (AvgIpc) is 3.00. The van der Waals surface area contributed by atoms with Crippen molar-refractivity contribution in [3.8, 4) is 5.69 Å². The molecule has 1 heterocycles. The van der Waals surface area contributed by atoms with Gasteiger partial charge in [-0.2, -0.15) is 5.10 Å². The van der Waals surface area contributed by atoms with Gasteiger partial charge in [0.2, 0.25) is 0 Å². The van der Waals surface area contributed by atoms with Gasteiger partial charge in [0, 0.05) is 11.3 Å². The number of carboxylic acid groups (broad SMARTS) is 1. The number of anilines is 1. The van der Waals surface area contributed by atoms with E-state index < -0.39 is 11.8 Å². The van der Waals surface area contributed by atoms with Gasteiger partial charge in [-0.1, -0.05) is 6.07 Å². The Morgan fingerprint density at radius 3 is 2.42 bits per heavy atom. The number of aromatic carboxylic acids is 1. The maximum absolute atomic E-state index is 13.3. The SMILES string of the molecule is Cc1ccc(F)cc1NC(=O)c1ccc(-n2ncc(C(=O)O)c2C)cc1. The van der Waals surface area contributed by atoms with Crippen molar-refractivity contribution in [2.75, 3.05) is 5.32 Å². The van der Waals surface area contributed by atoms with Crippen LogP contribution in [0.25, 0.3) is 5.69 Å². The summed E-state index contributed by atoms with van der Waals surface area (Å²) in [6, 6.07) is 10.7. The number of halogens is 1. The van der Waals surface area contributed by atoms with Crippen molar-refractivity contribution in [2.24, 2.45) is 0 Å². The normalized spacial score (nSPS) is 10.6. The molecule has 0 aliphatic carbocycles. The fraction of sp³-hybridized carbons (Fsp3) is 0.105. The lowest BCUT2D eigenvalue weighted by molar-refractivity contribution is 0.0696. The van der Waals surface area contributed by atoms with Gasteiger partial charge in [-0.3, -0.25) is 4.79 Å². The number of carboxylic acids is 1. The van der Waals surface area contributed by atoms with Gasteiger partial charge in [0.1, 0.15) is 11.4 Å². The number of nitrogens with zero attached hydrogens (tertiary/aromatic N) is 2. The minimum atomic E-state index is -1.05. The molecule has 0 bridgehead atoms. The Hall–Kier alpha value is -3.48. The second-order valence-corrected chi connectivity index (χ2v) is 5.82. The van der Waals surface area contributed by atoms with Gasteiger partial charge in [-0.05, 0) is 55.8 Å². The zero-order valence-electron chi connectivity index (χ0n) is 14.2. The Kier molecular flexibility index (Phi) is 4.53. The van der Waals surface area contributed by atoms with E-state index in [0.29, 0.717) is 22.6 Å². The molecule has 6 nitrogen and oxygen atoms in total. The van der Waals surface area contributed by atoms with E-state index in [2.05, 4.69) is 10.4 Å². The van der Waals surface area contributed by atoms with E-state index in [1.807, 2.05) is 0 Å². The van der Waals surface area contributed by atoms with Crippen molar-refractivity contribution >= 4 is 17.6 Å². The highest BCUT2D eigenvalue weighted by Gasteiger charge is 2.14. The number of aromatic nitrogens is 2. The molecule has 0 fully saturated rings. The number of rotatable bonds is 4. The molecular formula is C19H16FN3O3. The number of nitrogens with one attached hydrogen (secondary N) is 1. The number of benzene rings is 2. The molecule has 0 saturated carbocycles. The summed E-state index contributed by atoms with van der Waals surface area (Å²) in [6.45, 7) is 3.43. The average molecular weight is 353 g/mol. The summed E-state index contributed by atoms with van der Waals surface area (Å²) < 4.78 is 14.8. The molecule has 1 amide bonds. The van der Waals surface area contributed by atoms with Crippen LogP contribution in [0, 0.1) is 19.7 Å². The Balaban J connectivity index is 1.82. The van der Waals surface area contributed by atoms with Gasteiger partial charge >= 0.3 is 5.97 Å². The van der Waals surface area contributed by atoms with Gasteiger partial charge in [0.15, 0.2) is 0 Å². The van der Waals surface area contributed by atoms with Gasteiger partial charge in [-0.25, -0.2) is 13.9 Å². The molecular weight excluding hydrogens is 337 g/mol. The standard InChI is InChI=1S/C19H16FN3O3/c1-11-3-6-14(20)9-17(11)22-18(24)13-4-7-15(8-5-13)23-12(2)16(10-21-23)19(25)26/h3-10H,1-2H3,(H,22,24)(H,25,26). The zero-order chi connectivity index (χ0) is 18.8. The predicted molar refractivity (Wildman–Crippen MR) is 94.4 cm³/mol. The van der Waals surface area contributed by atoms with Crippen LogP contribution < -0.4 is 5.32 Å². The summed E-state index contributed by atoms with van der Waals surface area (Å²) in [5, 5.41) is 15.8. The molecule has 3 aromatic rings. The Morgan fingerprint density at radius 2 is 1.81 bits per heavy atom. The fourth-order valence-electron chi connectivity index (χ4n) is 2.56. The molecule has 3 rings (SSSR count). The fourth-order valence-corrected chi connectivity index (χ4v) is 2.56. The van der Waals surface area contributed by atoms with Crippen LogP contribution in [0.1, 0.15) is 32.0 Å². The molecule has 0 aliphatic heterocycles. The lowest BCUT2D eigenvalue weighted by Crippen LogP contribution is -2.13. The van der Waals surface area contributed by atoms with Gasteiger partial charge in [0.05, 0.1) is 17.6 Å². The first-order chi connectivity index (χ1) is 12.4. The van der Waals surface area contributed by atoms with Crippen LogP contribution in [0.4, 0.5) is 10.1 Å². The molecule has 26 heavy (non-hydrogen) atoms. The maximum atomic E-state index is 13.3. The van der Waals surface area contributed by atoms with Crippen LogP contribution in [0.3, 0.4) is 0 Å². The first-order valence-electron chi connectivity index (χ1n) is 7.82. The topological polar surface area (TPSA) is 84.2 Å². The number of aryl methyl sites for hydroxylation is 1. The van der Waals surface area contributed by atoms with Crippen molar-refractivity contribution in [1.82, 2.24) is 9.78 Å². The van der Waals surface area contributed by atoms with E-state index in [4.69, 9.17) is 5.11 Å². The number of carbonyl (C=O) groups is 2. The molecule has 2 N–H and O–H groups in total. The monoisotopic (exact) mass is 353 g/mol. The minimum Gasteiger partial charge on any atom is -0.478 e. The quantitative estimate of drug-likeness (QED) is 0.751. The van der Waals surface area contributed by atoms with E-state index >= 15 is 0 Å². The first-order valence-corrected chi connectivity index (χ1v) is 7.82. The van der Waals surface area contributed by atoms with Gasteiger partial charge in [0.25, 0.3) is 5.91 Å². The number of hydrogen-bond acceptors (Lipinski definition) is 3. The van der Waals surface area contributed by atoms with Crippen LogP contribution in [0.2, 0.25) is 0 Å². The minimum absolute atomic E-state index is 0.119. The highest BCUT2D eigenvalue weighted by Crippen LogP contribution is 2.19. The van der Waals surface area contributed by atoms with Gasteiger partial charge < -0.3 is 10.4 Å². The molecule has 7 heteroatoms. The summed E-state index contributed by atoms with van der Waals surface area (Å²) >= 11 is 0. The molecule has 132 valence electrons. The summed E-state index contributed by atoms with van der Waals surface area (Å²) in [6.07, 6.45) is 1.28. The molecule has 0 aliphatic rings. The Morgan fingerprint density at radius 1 is 1.12 bits per heavy atom. The summed E-state index contributed by atoms with van der Waals surface area (Å²) in [5.41, 5.74) is 2.80. The molecule has 0 unspecified atom stereocenters. The number of carbonyl (C=O) groups excluding carboxylic acids is 1. The molecule has 0 saturated heterocycles. The molecule has 0 atom stereocenters. The van der Waals surface area contributed by atoms with Crippen LogP contribution >= 0.6 is 0 Å². The predicted octanol–water partition coefficient (Wildman–Crippen LogP) is 3.58. The molecule has 0 radical (unpaired) electrons. The summed E-state index contributed by atoms with van der Waals surface area (Å²) in [5.74, 6) is -1.84. The largest absolute Gasteiger partial charge is 0.478 e. The van der Waals surface area contributed by atoms with Crippen LogP contribution in [-0.4, -0.2) is 26.8 Å². The van der Waals surface area contributed by atoms with Crippen LogP contribution in [0.15, 0.2) is 48.7 Å². The number of amides is 1. The lowest BCUT2D eigenvalue weighted by Gasteiger charge is -2.10. The number of hydrogen-bond donors (Lipinski definition) is 2. The third-order valence-electron chi connectivity index (χ3n) is 4.06. The molecule has 2 aromatic carbocycles. The summed E-state index contributed by atoms with van der Waals surface area (Å²) in [7, 11) is 0. The third-order valence-corrected chi connectivity index (χ3v) is 4.06. The van der Waals surface area contributed by atoms with E-state index in [1.54, 1.807) is 44.2 Å². The zero-order valence-corrected chi connectivity index (χ0v) is 14.2. The van der Waals surface area contributed by atoms with Crippen molar-refractivity contribution in [3.05, 3.63) is 76.9 Å². The van der Waals surface area contributed by atoms with Crippen LogP contribution in [0.5, 0.6) is 0 Å². The summed E-state index contributed by atoms with van der Waals surface area (Å²) in [4.78, 5) is 23.5. The molecule has 0 spiro atoms. The Bertz CT molecular complexity index is 994. The first kappa shape index (κ1) is 17.3. The third kappa shape index (κ3) is 3.32. The lowest BCUT2D eigenvalue weighted by atomic mass is 10.1. The smallest absolute Gasteiger partial charge is 0.339 e. The second-order valence-electron chi connectivity index (χ2n) is 5.82. The van der Waals surface area contributed by atoms with E-state index in [0.717, 1.165) is 5.56 Å². The van der Waals surface area contributed by atoms with E-state index in [9.17, 15) is 14.0 Å². The van der Waals surface area contributed by atoms with Crippen LogP contribution in [-0.2, 0) is 0 Å². The second kappa shape index (κ2) is 6.79. The van der Waals surface area contributed by atoms with Crippen molar-refractivity contribution in [1.29, 1.82) is 0 Å². The van der Waals surface area contributed by atoms with Gasteiger partial charge in [-0.15, -0.1) is 0 Å². The Labute approximate surface area is 148 Å². The highest BCUT2D eigenvalue weighted by atomic mass is 19.1. The van der Waals surface area contributed by atoms with E-state index in [1.165, 1.54) is 23.0 Å². The maximum Gasteiger partial charge on any atom is 0.339 e.